The maximum Gasteiger partial charge on any atom is 0.178 e. The fourth-order valence-electron chi connectivity index (χ4n) is 1.73. The van der Waals surface area contributed by atoms with Crippen LogP contribution in [0.3, 0.4) is 0 Å². The highest BCUT2D eigenvalue weighted by molar-refractivity contribution is 6.31. The molecule has 90 valence electrons. The maximum absolute atomic E-state index is 6.12. The first kappa shape index (κ1) is 11.4. The predicted molar refractivity (Wildman–Crippen MR) is 70.1 cm³/mol. The van der Waals surface area contributed by atoms with Gasteiger partial charge in [-0.1, -0.05) is 41.4 Å². The summed E-state index contributed by atoms with van der Waals surface area (Å²) in [6, 6.07) is 11.1. The Balaban J connectivity index is 2.05. The Hall–Kier alpha value is -1.65. The van der Waals surface area contributed by atoms with E-state index in [0.29, 0.717) is 28.1 Å². The number of hydrogen-bond acceptors (Lipinski definition) is 3. The van der Waals surface area contributed by atoms with Gasteiger partial charge in [0.2, 0.25) is 0 Å². The molecule has 2 aromatic heterocycles. The van der Waals surface area contributed by atoms with E-state index in [2.05, 4.69) is 15.3 Å². The Morgan fingerprint density at radius 1 is 1.00 bits per heavy atom. The molecule has 0 aliphatic carbocycles. The molecule has 0 aliphatic heterocycles. The van der Waals surface area contributed by atoms with Gasteiger partial charge in [-0.25, -0.2) is 0 Å². The molecule has 0 unspecified atom stereocenters. The molecule has 3 rings (SSSR count). The van der Waals surface area contributed by atoms with Crippen molar-refractivity contribution in [3.63, 3.8) is 0 Å². The van der Waals surface area contributed by atoms with Gasteiger partial charge in [0.25, 0.3) is 0 Å². The van der Waals surface area contributed by atoms with Gasteiger partial charge in [-0.3, -0.25) is 0 Å². The molecule has 4 nitrogen and oxygen atoms in total. The molecule has 1 aromatic carbocycles. The van der Waals surface area contributed by atoms with Crippen LogP contribution in [0.15, 0.2) is 36.4 Å². The predicted octanol–water partition coefficient (Wildman–Crippen LogP) is 3.02. The lowest BCUT2D eigenvalue weighted by Gasteiger charge is -2.02. The molecule has 0 atom stereocenters. The lowest BCUT2D eigenvalue weighted by Crippen LogP contribution is -2.00. The SMILES string of the molecule is Clc1ccc2nnc(Cc3ccccc3Cl)n2n1. The quantitative estimate of drug-likeness (QED) is 0.724. The summed E-state index contributed by atoms with van der Waals surface area (Å²) in [5.74, 6) is 0.709. The summed E-state index contributed by atoms with van der Waals surface area (Å²) >= 11 is 12.0. The van der Waals surface area contributed by atoms with Gasteiger partial charge < -0.3 is 0 Å². The monoisotopic (exact) mass is 278 g/mol. The highest BCUT2D eigenvalue weighted by Crippen LogP contribution is 2.18. The molecule has 6 heteroatoms. The minimum Gasteiger partial charge on any atom is -0.196 e. The molecule has 0 aliphatic rings. The van der Waals surface area contributed by atoms with Gasteiger partial charge in [-0.15, -0.1) is 10.2 Å². The second kappa shape index (κ2) is 4.55. The number of benzene rings is 1. The van der Waals surface area contributed by atoms with Crippen molar-refractivity contribution in [2.45, 2.75) is 6.42 Å². The van der Waals surface area contributed by atoms with E-state index < -0.39 is 0 Å². The van der Waals surface area contributed by atoms with Gasteiger partial charge in [0.1, 0.15) is 5.15 Å². The van der Waals surface area contributed by atoms with Crippen molar-refractivity contribution >= 4 is 28.8 Å². The molecule has 0 amide bonds. The van der Waals surface area contributed by atoms with Gasteiger partial charge in [-0.05, 0) is 23.8 Å². The normalized spacial score (nSPS) is 11.0. The van der Waals surface area contributed by atoms with Crippen LogP contribution >= 0.6 is 23.2 Å². The van der Waals surface area contributed by atoms with E-state index >= 15 is 0 Å². The molecule has 2 heterocycles. The lowest BCUT2D eigenvalue weighted by molar-refractivity contribution is 0.838. The van der Waals surface area contributed by atoms with Crippen LogP contribution < -0.4 is 0 Å². The summed E-state index contributed by atoms with van der Waals surface area (Å²) in [6.07, 6.45) is 0.564. The summed E-state index contributed by atoms with van der Waals surface area (Å²) in [5, 5.41) is 13.4. The third kappa shape index (κ3) is 2.05. The molecular weight excluding hydrogens is 271 g/mol. The molecule has 0 fully saturated rings. The standard InChI is InChI=1S/C12H8Cl2N4/c13-9-4-2-1-3-8(9)7-12-16-15-11-6-5-10(14)17-18(11)12/h1-6H,7H2. The molecule has 0 saturated heterocycles. The molecule has 0 saturated carbocycles. The number of halogens is 2. The summed E-state index contributed by atoms with van der Waals surface area (Å²) in [5.41, 5.74) is 1.65. The van der Waals surface area contributed by atoms with Gasteiger partial charge in [0, 0.05) is 11.4 Å². The Bertz CT molecular complexity index is 708. The zero-order chi connectivity index (χ0) is 12.5. The third-order valence-corrected chi connectivity index (χ3v) is 3.17. The molecule has 0 radical (unpaired) electrons. The molecular formula is C12H8Cl2N4. The number of aromatic nitrogens is 4. The van der Waals surface area contributed by atoms with Crippen LogP contribution in [0.4, 0.5) is 0 Å². The average Bonchev–Trinajstić information content (AvgIpc) is 2.75. The summed E-state index contributed by atoms with van der Waals surface area (Å²) in [4.78, 5) is 0. The second-order valence-corrected chi connectivity index (χ2v) is 4.60. The van der Waals surface area contributed by atoms with Crippen molar-refractivity contribution < 1.29 is 0 Å². The Morgan fingerprint density at radius 2 is 1.83 bits per heavy atom. The lowest BCUT2D eigenvalue weighted by atomic mass is 10.1. The Morgan fingerprint density at radius 3 is 2.67 bits per heavy atom. The zero-order valence-corrected chi connectivity index (χ0v) is 10.7. The van der Waals surface area contributed by atoms with Crippen molar-refractivity contribution in [2.75, 3.05) is 0 Å². The fourth-order valence-corrected chi connectivity index (χ4v) is 2.07. The smallest absolute Gasteiger partial charge is 0.178 e. The van der Waals surface area contributed by atoms with E-state index in [9.17, 15) is 0 Å². The number of nitrogens with zero attached hydrogens (tertiary/aromatic N) is 4. The minimum atomic E-state index is 0.405. The number of hydrogen-bond donors (Lipinski definition) is 0. The van der Waals surface area contributed by atoms with E-state index in [4.69, 9.17) is 23.2 Å². The first-order valence-electron chi connectivity index (χ1n) is 5.34. The van der Waals surface area contributed by atoms with Crippen LogP contribution in [0.2, 0.25) is 10.2 Å². The first-order valence-corrected chi connectivity index (χ1v) is 6.10. The van der Waals surface area contributed by atoms with Gasteiger partial charge in [-0.2, -0.15) is 9.61 Å². The topological polar surface area (TPSA) is 43.1 Å². The molecule has 0 spiro atoms. The number of fused-ring (bicyclic) bond motifs is 1. The molecule has 0 N–H and O–H groups in total. The second-order valence-electron chi connectivity index (χ2n) is 3.81. The van der Waals surface area contributed by atoms with Crippen LogP contribution in [0.5, 0.6) is 0 Å². The van der Waals surface area contributed by atoms with Crippen LogP contribution in [-0.4, -0.2) is 19.8 Å². The van der Waals surface area contributed by atoms with Crippen LogP contribution in [-0.2, 0) is 6.42 Å². The van der Waals surface area contributed by atoms with E-state index in [1.165, 1.54) is 0 Å². The zero-order valence-electron chi connectivity index (χ0n) is 9.22. The van der Waals surface area contributed by atoms with Gasteiger partial charge >= 0.3 is 0 Å². The van der Waals surface area contributed by atoms with Crippen molar-refractivity contribution in [3.8, 4) is 0 Å². The third-order valence-electron chi connectivity index (χ3n) is 2.60. The van der Waals surface area contributed by atoms with Crippen molar-refractivity contribution in [2.24, 2.45) is 0 Å². The van der Waals surface area contributed by atoms with E-state index in [-0.39, 0.29) is 0 Å². The highest BCUT2D eigenvalue weighted by atomic mass is 35.5. The fraction of sp³-hybridized carbons (Fsp3) is 0.0833. The van der Waals surface area contributed by atoms with Crippen molar-refractivity contribution in [3.05, 3.63) is 58.0 Å². The van der Waals surface area contributed by atoms with E-state index in [1.54, 1.807) is 16.6 Å². The summed E-state index contributed by atoms with van der Waals surface area (Å²) in [7, 11) is 0. The van der Waals surface area contributed by atoms with E-state index in [1.807, 2.05) is 24.3 Å². The summed E-state index contributed by atoms with van der Waals surface area (Å²) in [6.45, 7) is 0. The molecule has 18 heavy (non-hydrogen) atoms. The van der Waals surface area contributed by atoms with Crippen molar-refractivity contribution in [1.29, 1.82) is 0 Å². The first-order chi connectivity index (χ1) is 8.74. The largest absolute Gasteiger partial charge is 0.196 e. The highest BCUT2D eigenvalue weighted by Gasteiger charge is 2.09. The van der Waals surface area contributed by atoms with Crippen LogP contribution in [0.25, 0.3) is 5.65 Å². The minimum absolute atomic E-state index is 0.405. The summed E-state index contributed by atoms with van der Waals surface area (Å²) < 4.78 is 1.63. The maximum atomic E-state index is 6.12. The Labute approximate surface area is 113 Å². The van der Waals surface area contributed by atoms with Gasteiger partial charge in [0.15, 0.2) is 11.5 Å². The van der Waals surface area contributed by atoms with Gasteiger partial charge in [0.05, 0.1) is 0 Å². The van der Waals surface area contributed by atoms with Crippen LogP contribution in [0.1, 0.15) is 11.4 Å². The number of rotatable bonds is 2. The van der Waals surface area contributed by atoms with Crippen molar-refractivity contribution in [1.82, 2.24) is 19.8 Å². The van der Waals surface area contributed by atoms with E-state index in [0.717, 1.165) is 5.56 Å². The average molecular weight is 279 g/mol. The molecule has 3 aromatic rings. The van der Waals surface area contributed by atoms with Crippen LogP contribution in [0, 0.1) is 0 Å². The Kier molecular flexibility index (Phi) is 2.89. The molecule has 0 bridgehead atoms.